The molecule has 286 valence electrons. The van der Waals surface area contributed by atoms with Crippen molar-refractivity contribution in [3.8, 4) is 0 Å². The Labute approximate surface area is 298 Å². The zero-order chi connectivity index (χ0) is 35.3. The van der Waals surface area contributed by atoms with Gasteiger partial charge in [-0.3, -0.25) is 4.79 Å². The van der Waals surface area contributed by atoms with Crippen LogP contribution in [0.3, 0.4) is 0 Å². The molecule has 0 aliphatic heterocycles. The van der Waals surface area contributed by atoms with E-state index in [2.05, 4.69) is 31.3 Å². The van der Waals surface area contributed by atoms with Gasteiger partial charge in [0.1, 0.15) is 12.2 Å². The third kappa shape index (κ3) is 31.1. The minimum atomic E-state index is -1.28. The molecule has 6 heteroatoms. The molecule has 0 aromatic heterocycles. The summed E-state index contributed by atoms with van der Waals surface area (Å²) in [5.74, 6) is -0.592. The number of amides is 1. The van der Waals surface area contributed by atoms with Crippen LogP contribution >= 0.6 is 0 Å². The lowest BCUT2D eigenvalue weighted by Crippen LogP contribution is -2.53. The van der Waals surface area contributed by atoms with Gasteiger partial charge < -0.3 is 25.7 Å². The molecule has 0 saturated heterocycles. The van der Waals surface area contributed by atoms with Gasteiger partial charge in [-0.05, 0) is 38.5 Å². The molecule has 5 N–H and O–H groups in total. The Bertz CT molecular complexity index is 687. The number of aliphatic hydroxyl groups excluding tert-OH is 4. The van der Waals surface area contributed by atoms with Gasteiger partial charge in [0.15, 0.2) is 0 Å². The molecule has 0 spiro atoms. The molecule has 0 aromatic rings. The predicted molar refractivity (Wildman–Crippen MR) is 205 cm³/mol. The highest BCUT2D eigenvalue weighted by Gasteiger charge is 2.28. The van der Waals surface area contributed by atoms with E-state index in [0.29, 0.717) is 12.8 Å². The topological polar surface area (TPSA) is 110 Å². The number of unbranched alkanes of at least 4 members (excludes halogenated alkanes) is 27. The van der Waals surface area contributed by atoms with E-state index in [1.807, 2.05) is 0 Å². The van der Waals surface area contributed by atoms with Crippen molar-refractivity contribution in [2.75, 3.05) is 6.61 Å². The highest BCUT2D eigenvalue weighted by atomic mass is 16.3. The summed E-state index contributed by atoms with van der Waals surface area (Å²) in [5.41, 5.74) is 0. The van der Waals surface area contributed by atoms with Crippen molar-refractivity contribution in [3.63, 3.8) is 0 Å². The summed E-state index contributed by atoms with van der Waals surface area (Å²) < 4.78 is 0. The number of hydrogen-bond donors (Lipinski definition) is 5. The summed E-state index contributed by atoms with van der Waals surface area (Å²) in [6.07, 6.45) is 39.5. The Hall–Kier alpha value is -0.950. The number of rotatable bonds is 38. The van der Waals surface area contributed by atoms with E-state index in [0.717, 1.165) is 38.5 Å². The zero-order valence-electron chi connectivity index (χ0n) is 32.0. The second-order valence-electron chi connectivity index (χ2n) is 14.7. The number of carbonyl (C=O) groups is 1. The summed E-state index contributed by atoms with van der Waals surface area (Å²) >= 11 is 0. The van der Waals surface area contributed by atoms with E-state index in [1.54, 1.807) is 0 Å². The lowest BCUT2D eigenvalue weighted by molar-refractivity contribution is -0.132. The van der Waals surface area contributed by atoms with E-state index in [1.165, 1.54) is 154 Å². The number of hydrogen-bond acceptors (Lipinski definition) is 5. The molecule has 0 aliphatic rings. The average Bonchev–Trinajstić information content (AvgIpc) is 3.09. The second kappa shape index (κ2) is 37.3. The summed E-state index contributed by atoms with van der Waals surface area (Å²) in [7, 11) is 0. The fourth-order valence-corrected chi connectivity index (χ4v) is 6.58. The van der Waals surface area contributed by atoms with E-state index >= 15 is 0 Å². The number of allylic oxidation sites excluding steroid dienone is 2. The van der Waals surface area contributed by atoms with Gasteiger partial charge in [0.2, 0.25) is 5.91 Å². The first kappa shape index (κ1) is 47.0. The molecule has 0 fully saturated rings. The van der Waals surface area contributed by atoms with Gasteiger partial charge in [-0.2, -0.15) is 0 Å². The molecular formula is C42H83NO5. The lowest BCUT2D eigenvalue weighted by atomic mass is 10.00. The van der Waals surface area contributed by atoms with Crippen LogP contribution in [0.1, 0.15) is 219 Å². The average molecular weight is 682 g/mol. The minimum absolute atomic E-state index is 0.367. The van der Waals surface area contributed by atoms with Crippen molar-refractivity contribution in [3.05, 3.63) is 12.2 Å². The van der Waals surface area contributed by atoms with E-state index < -0.39 is 36.9 Å². The van der Waals surface area contributed by atoms with Crippen LogP contribution in [0.4, 0.5) is 0 Å². The van der Waals surface area contributed by atoms with Gasteiger partial charge in [-0.1, -0.05) is 193 Å². The van der Waals surface area contributed by atoms with Crippen LogP contribution < -0.4 is 5.32 Å². The van der Waals surface area contributed by atoms with E-state index in [9.17, 15) is 25.2 Å². The molecule has 4 atom stereocenters. The van der Waals surface area contributed by atoms with E-state index in [-0.39, 0.29) is 0 Å². The fraction of sp³-hybridized carbons (Fsp3) is 0.929. The highest BCUT2D eigenvalue weighted by Crippen LogP contribution is 2.16. The summed E-state index contributed by atoms with van der Waals surface area (Å²) in [4.78, 5) is 12.5. The molecule has 0 saturated carbocycles. The molecule has 0 aromatic carbocycles. The van der Waals surface area contributed by atoms with Gasteiger partial charge >= 0.3 is 0 Å². The lowest BCUT2D eigenvalue weighted by Gasteiger charge is -2.27. The van der Waals surface area contributed by atoms with Crippen LogP contribution in [-0.4, -0.2) is 57.3 Å². The third-order valence-corrected chi connectivity index (χ3v) is 9.98. The van der Waals surface area contributed by atoms with Crippen LogP contribution in [0, 0.1) is 0 Å². The van der Waals surface area contributed by atoms with Gasteiger partial charge in [0, 0.05) is 0 Å². The molecule has 0 bridgehead atoms. The van der Waals surface area contributed by atoms with Crippen molar-refractivity contribution in [2.24, 2.45) is 0 Å². The van der Waals surface area contributed by atoms with Crippen molar-refractivity contribution >= 4 is 5.91 Å². The zero-order valence-corrected chi connectivity index (χ0v) is 32.0. The van der Waals surface area contributed by atoms with Gasteiger partial charge in [0.25, 0.3) is 0 Å². The molecule has 0 heterocycles. The monoisotopic (exact) mass is 682 g/mol. The molecule has 4 unspecified atom stereocenters. The van der Waals surface area contributed by atoms with Crippen LogP contribution in [-0.2, 0) is 4.79 Å². The van der Waals surface area contributed by atoms with Crippen LogP contribution in [0.25, 0.3) is 0 Å². The van der Waals surface area contributed by atoms with Gasteiger partial charge in [0.05, 0.1) is 18.8 Å². The minimum Gasteiger partial charge on any atom is -0.394 e. The number of nitrogens with one attached hydrogen (secondary N) is 1. The largest absolute Gasteiger partial charge is 0.394 e. The maximum Gasteiger partial charge on any atom is 0.249 e. The Kier molecular flexibility index (Phi) is 36.6. The quantitative estimate of drug-likeness (QED) is 0.0329. The Morgan fingerprint density at radius 3 is 1.25 bits per heavy atom. The van der Waals surface area contributed by atoms with Crippen LogP contribution in [0.15, 0.2) is 12.2 Å². The SMILES string of the molecule is CCCCCCCCCCCCCCC/C=C/CCCC(O)C(O)C(CO)NC(=O)C(O)CCCCCCCCCCCCCCCC. The molecule has 0 rings (SSSR count). The van der Waals surface area contributed by atoms with E-state index in [4.69, 9.17) is 0 Å². The predicted octanol–water partition coefficient (Wildman–Crippen LogP) is 10.6. The maximum absolute atomic E-state index is 12.5. The molecule has 0 radical (unpaired) electrons. The molecule has 6 nitrogen and oxygen atoms in total. The first-order valence-corrected chi connectivity index (χ1v) is 21.1. The molecule has 1 amide bonds. The van der Waals surface area contributed by atoms with Crippen LogP contribution in [0.2, 0.25) is 0 Å². The Morgan fingerprint density at radius 2 is 0.854 bits per heavy atom. The standard InChI is InChI=1S/C42H83NO5/c1-3-5-7-9-11-13-15-17-19-20-21-22-24-25-27-29-31-33-35-39(45)41(47)38(37-44)43-42(48)40(46)36-34-32-30-28-26-23-18-16-14-12-10-8-6-4-2/h27,29,38-41,44-47H,3-26,28,30-37H2,1-2H3,(H,43,48)/b29-27+. The first-order chi connectivity index (χ1) is 23.5. The Balaban J connectivity index is 3.78. The summed E-state index contributed by atoms with van der Waals surface area (Å²) in [6, 6.07) is -0.996. The van der Waals surface area contributed by atoms with Crippen LogP contribution in [0.5, 0.6) is 0 Å². The first-order valence-electron chi connectivity index (χ1n) is 21.1. The second-order valence-corrected chi connectivity index (χ2v) is 14.7. The highest BCUT2D eigenvalue weighted by molar-refractivity contribution is 5.80. The molecular weight excluding hydrogens is 598 g/mol. The van der Waals surface area contributed by atoms with Crippen molar-refractivity contribution in [1.82, 2.24) is 5.32 Å². The molecule has 48 heavy (non-hydrogen) atoms. The van der Waals surface area contributed by atoms with Crippen molar-refractivity contribution in [2.45, 2.75) is 244 Å². The normalized spacial score (nSPS) is 14.4. The molecule has 0 aliphatic carbocycles. The smallest absolute Gasteiger partial charge is 0.249 e. The number of carbonyl (C=O) groups excluding carboxylic acids is 1. The van der Waals surface area contributed by atoms with Crippen molar-refractivity contribution in [1.29, 1.82) is 0 Å². The summed E-state index contributed by atoms with van der Waals surface area (Å²) in [5, 5.41) is 43.6. The maximum atomic E-state index is 12.5. The Morgan fingerprint density at radius 1 is 0.500 bits per heavy atom. The third-order valence-electron chi connectivity index (χ3n) is 9.98. The summed E-state index contributed by atoms with van der Waals surface area (Å²) in [6.45, 7) is 4.04. The van der Waals surface area contributed by atoms with Gasteiger partial charge in [-0.25, -0.2) is 0 Å². The van der Waals surface area contributed by atoms with Crippen molar-refractivity contribution < 1.29 is 25.2 Å². The fourth-order valence-electron chi connectivity index (χ4n) is 6.58. The number of aliphatic hydroxyl groups is 4. The van der Waals surface area contributed by atoms with Gasteiger partial charge in [-0.15, -0.1) is 0 Å².